The predicted octanol–water partition coefficient (Wildman–Crippen LogP) is 4.29. The number of carbonyl (C=O) groups excluding carboxylic acids is 1. The summed E-state index contributed by atoms with van der Waals surface area (Å²) in [7, 11) is 1.41. The van der Waals surface area contributed by atoms with Crippen molar-refractivity contribution in [3.05, 3.63) is 63.4 Å². The summed E-state index contributed by atoms with van der Waals surface area (Å²) in [6.45, 7) is 0. The Hall–Kier alpha value is -1.68. The fourth-order valence-electron chi connectivity index (χ4n) is 3.24. The smallest absolute Gasteiger partial charge is 0.338 e. The molecule has 1 aliphatic rings. The molecular formula is C18H18BrNO2. The highest BCUT2D eigenvalue weighted by molar-refractivity contribution is 9.10. The van der Waals surface area contributed by atoms with E-state index in [1.165, 1.54) is 24.7 Å². The molecule has 0 saturated carbocycles. The number of hydrogen-bond acceptors (Lipinski definition) is 3. The van der Waals surface area contributed by atoms with Crippen LogP contribution in [0, 0.1) is 0 Å². The molecule has 0 aliphatic heterocycles. The molecule has 0 saturated heterocycles. The minimum Gasteiger partial charge on any atom is -0.465 e. The standard InChI is InChI=1S/C18H18BrNO2/c1-22-18(21)17-8-9-20-11-14(17)5-3-12-2-4-13-10-15(19)6-7-16(12)13/h6-12H,2-5H2,1H3. The van der Waals surface area contributed by atoms with Crippen LogP contribution in [0.4, 0.5) is 0 Å². The molecule has 1 aromatic heterocycles. The number of fused-ring (bicyclic) bond motifs is 1. The van der Waals surface area contributed by atoms with Crippen LogP contribution in [0.5, 0.6) is 0 Å². The summed E-state index contributed by atoms with van der Waals surface area (Å²) in [6.07, 6.45) is 7.61. The number of ether oxygens (including phenoxy) is 1. The average molecular weight is 360 g/mol. The molecule has 0 fully saturated rings. The molecule has 1 atom stereocenters. The van der Waals surface area contributed by atoms with Gasteiger partial charge in [0.2, 0.25) is 0 Å². The van der Waals surface area contributed by atoms with E-state index < -0.39 is 0 Å². The number of nitrogens with zero attached hydrogens (tertiary/aromatic N) is 1. The lowest BCUT2D eigenvalue weighted by Gasteiger charge is -2.13. The van der Waals surface area contributed by atoms with E-state index >= 15 is 0 Å². The van der Waals surface area contributed by atoms with Gasteiger partial charge in [-0.25, -0.2) is 4.79 Å². The molecule has 1 aromatic carbocycles. The topological polar surface area (TPSA) is 39.2 Å². The zero-order valence-electron chi connectivity index (χ0n) is 12.5. The maximum absolute atomic E-state index is 11.8. The molecule has 0 spiro atoms. The van der Waals surface area contributed by atoms with E-state index in [9.17, 15) is 4.79 Å². The lowest BCUT2D eigenvalue weighted by molar-refractivity contribution is 0.0599. The second-order valence-electron chi connectivity index (χ2n) is 5.64. The monoisotopic (exact) mass is 359 g/mol. The molecular weight excluding hydrogens is 342 g/mol. The second-order valence-corrected chi connectivity index (χ2v) is 6.56. The van der Waals surface area contributed by atoms with Crippen LogP contribution in [0.1, 0.15) is 45.8 Å². The fraction of sp³-hybridized carbons (Fsp3) is 0.333. The van der Waals surface area contributed by atoms with Gasteiger partial charge in [-0.2, -0.15) is 0 Å². The van der Waals surface area contributed by atoms with Gasteiger partial charge in [0.1, 0.15) is 0 Å². The van der Waals surface area contributed by atoms with Crippen LogP contribution < -0.4 is 0 Å². The zero-order chi connectivity index (χ0) is 15.5. The number of esters is 1. The van der Waals surface area contributed by atoms with Crippen molar-refractivity contribution in [1.29, 1.82) is 0 Å². The molecule has 22 heavy (non-hydrogen) atoms. The molecule has 3 nitrogen and oxygen atoms in total. The van der Waals surface area contributed by atoms with Crippen LogP contribution in [0.25, 0.3) is 0 Å². The van der Waals surface area contributed by atoms with E-state index in [2.05, 4.69) is 39.1 Å². The SMILES string of the molecule is COC(=O)c1ccncc1CCC1CCc2cc(Br)ccc21. The summed E-state index contributed by atoms with van der Waals surface area (Å²) in [5.74, 6) is 0.280. The first-order valence-electron chi connectivity index (χ1n) is 7.48. The lowest BCUT2D eigenvalue weighted by Crippen LogP contribution is -2.07. The Morgan fingerprint density at radius 2 is 2.27 bits per heavy atom. The van der Waals surface area contributed by atoms with Gasteiger partial charge in [-0.1, -0.05) is 22.0 Å². The van der Waals surface area contributed by atoms with Gasteiger partial charge in [-0.3, -0.25) is 4.98 Å². The summed E-state index contributed by atoms with van der Waals surface area (Å²) in [5, 5.41) is 0. The van der Waals surface area contributed by atoms with Crippen molar-refractivity contribution in [1.82, 2.24) is 4.98 Å². The van der Waals surface area contributed by atoms with Gasteiger partial charge in [-0.15, -0.1) is 0 Å². The van der Waals surface area contributed by atoms with E-state index in [0.29, 0.717) is 11.5 Å². The van der Waals surface area contributed by atoms with Crippen molar-refractivity contribution in [3.8, 4) is 0 Å². The van der Waals surface area contributed by atoms with Gasteiger partial charge < -0.3 is 4.74 Å². The summed E-state index contributed by atoms with van der Waals surface area (Å²) >= 11 is 3.53. The molecule has 3 rings (SSSR count). The van der Waals surface area contributed by atoms with Crippen molar-refractivity contribution in [2.24, 2.45) is 0 Å². The third-order valence-electron chi connectivity index (χ3n) is 4.38. The number of carbonyl (C=O) groups is 1. The summed E-state index contributed by atoms with van der Waals surface area (Å²) in [6, 6.07) is 8.29. The Bertz CT molecular complexity index is 699. The third kappa shape index (κ3) is 3.07. The Morgan fingerprint density at radius 3 is 3.09 bits per heavy atom. The van der Waals surface area contributed by atoms with Gasteiger partial charge in [0.25, 0.3) is 0 Å². The molecule has 1 heterocycles. The van der Waals surface area contributed by atoms with Gasteiger partial charge >= 0.3 is 5.97 Å². The first-order valence-corrected chi connectivity index (χ1v) is 8.28. The molecule has 1 aliphatic carbocycles. The second kappa shape index (κ2) is 6.61. The van der Waals surface area contributed by atoms with Crippen molar-refractivity contribution < 1.29 is 9.53 Å². The largest absolute Gasteiger partial charge is 0.465 e. The first kappa shape index (κ1) is 15.2. The third-order valence-corrected chi connectivity index (χ3v) is 4.87. The highest BCUT2D eigenvalue weighted by atomic mass is 79.9. The molecule has 0 amide bonds. The minimum absolute atomic E-state index is 0.284. The highest BCUT2D eigenvalue weighted by Crippen LogP contribution is 2.37. The quantitative estimate of drug-likeness (QED) is 0.764. The lowest BCUT2D eigenvalue weighted by atomic mass is 9.93. The number of aromatic nitrogens is 1. The van der Waals surface area contributed by atoms with E-state index in [-0.39, 0.29) is 5.97 Å². The van der Waals surface area contributed by atoms with Crippen LogP contribution in [0.3, 0.4) is 0 Å². The van der Waals surface area contributed by atoms with E-state index in [0.717, 1.165) is 29.3 Å². The number of hydrogen-bond donors (Lipinski definition) is 0. The van der Waals surface area contributed by atoms with Crippen LogP contribution in [0.2, 0.25) is 0 Å². The Labute approximate surface area is 138 Å². The maximum Gasteiger partial charge on any atom is 0.338 e. The molecule has 4 heteroatoms. The predicted molar refractivity (Wildman–Crippen MR) is 89.1 cm³/mol. The number of rotatable bonds is 4. The van der Waals surface area contributed by atoms with Crippen molar-refractivity contribution in [3.63, 3.8) is 0 Å². The average Bonchev–Trinajstić information content (AvgIpc) is 2.94. The molecule has 0 bridgehead atoms. The Morgan fingerprint density at radius 1 is 1.41 bits per heavy atom. The number of aryl methyl sites for hydroxylation is 2. The van der Waals surface area contributed by atoms with E-state index in [1.54, 1.807) is 18.5 Å². The number of pyridine rings is 1. The minimum atomic E-state index is -0.284. The van der Waals surface area contributed by atoms with Crippen LogP contribution >= 0.6 is 15.9 Å². The summed E-state index contributed by atoms with van der Waals surface area (Å²) in [5.41, 5.74) is 4.50. The number of halogens is 1. The van der Waals surface area contributed by atoms with Crippen LogP contribution in [-0.4, -0.2) is 18.1 Å². The van der Waals surface area contributed by atoms with E-state index in [4.69, 9.17) is 4.74 Å². The maximum atomic E-state index is 11.8. The molecule has 0 radical (unpaired) electrons. The molecule has 2 aromatic rings. The normalized spacial score (nSPS) is 16.4. The zero-order valence-corrected chi connectivity index (χ0v) is 14.1. The van der Waals surface area contributed by atoms with Gasteiger partial charge in [-0.05, 0) is 66.5 Å². The summed E-state index contributed by atoms with van der Waals surface area (Å²) in [4.78, 5) is 16.0. The van der Waals surface area contributed by atoms with Gasteiger partial charge in [0, 0.05) is 16.9 Å². The number of methoxy groups -OCH3 is 1. The van der Waals surface area contributed by atoms with Crippen molar-refractivity contribution >= 4 is 21.9 Å². The highest BCUT2D eigenvalue weighted by Gasteiger charge is 2.23. The first-order chi connectivity index (χ1) is 10.7. The molecule has 1 unspecified atom stereocenters. The van der Waals surface area contributed by atoms with Crippen molar-refractivity contribution in [2.75, 3.05) is 7.11 Å². The number of benzene rings is 1. The van der Waals surface area contributed by atoms with Crippen LogP contribution in [0.15, 0.2) is 41.1 Å². The van der Waals surface area contributed by atoms with Crippen molar-refractivity contribution in [2.45, 2.75) is 31.6 Å². The van der Waals surface area contributed by atoms with Crippen LogP contribution in [-0.2, 0) is 17.6 Å². The van der Waals surface area contributed by atoms with E-state index in [1.807, 2.05) is 0 Å². The summed E-state index contributed by atoms with van der Waals surface area (Å²) < 4.78 is 5.99. The molecule has 0 N–H and O–H groups in total. The van der Waals surface area contributed by atoms with Gasteiger partial charge in [0.05, 0.1) is 12.7 Å². The fourth-order valence-corrected chi connectivity index (χ4v) is 3.65. The van der Waals surface area contributed by atoms with Gasteiger partial charge in [0.15, 0.2) is 0 Å². The Balaban J connectivity index is 1.74. The molecule has 114 valence electrons. The Kier molecular flexibility index (Phi) is 4.57.